The highest BCUT2D eigenvalue weighted by molar-refractivity contribution is 6.00. The third-order valence-corrected chi connectivity index (χ3v) is 4.67. The molecule has 0 unspecified atom stereocenters. The average Bonchev–Trinajstić information content (AvgIpc) is 2.76. The number of ketones is 1. The van der Waals surface area contributed by atoms with Gasteiger partial charge in [-0.3, -0.25) is 9.59 Å². The van der Waals surface area contributed by atoms with E-state index in [2.05, 4.69) is 6.92 Å². The fourth-order valence-electron chi connectivity index (χ4n) is 2.98. The number of hydrogen-bond acceptors (Lipinski definition) is 6. The molecule has 0 aliphatic heterocycles. The van der Waals surface area contributed by atoms with Crippen molar-refractivity contribution in [3.05, 3.63) is 53.1 Å². The van der Waals surface area contributed by atoms with Crippen molar-refractivity contribution in [2.45, 2.75) is 39.2 Å². The summed E-state index contributed by atoms with van der Waals surface area (Å²) in [4.78, 5) is 24.7. The molecule has 2 rings (SSSR count). The van der Waals surface area contributed by atoms with Gasteiger partial charge in [0.1, 0.15) is 0 Å². The Balaban J connectivity index is 1.97. The Morgan fingerprint density at radius 2 is 1.48 bits per heavy atom. The molecular formula is C23H28O6. The fraction of sp³-hybridized carbons (Fsp3) is 0.391. The lowest BCUT2D eigenvalue weighted by Crippen LogP contribution is -2.24. The van der Waals surface area contributed by atoms with Gasteiger partial charge in [0.15, 0.2) is 17.6 Å². The van der Waals surface area contributed by atoms with Gasteiger partial charge in [0, 0.05) is 12.0 Å². The van der Waals surface area contributed by atoms with E-state index >= 15 is 0 Å². The van der Waals surface area contributed by atoms with Crippen molar-refractivity contribution >= 4 is 11.8 Å². The Hall–Kier alpha value is -3.02. The summed E-state index contributed by atoms with van der Waals surface area (Å²) in [5.41, 5.74) is 2.52. The molecule has 0 saturated heterocycles. The molecule has 29 heavy (non-hydrogen) atoms. The summed E-state index contributed by atoms with van der Waals surface area (Å²) in [6.45, 7) is 3.64. The molecule has 6 nitrogen and oxygen atoms in total. The average molecular weight is 400 g/mol. The zero-order chi connectivity index (χ0) is 21.4. The van der Waals surface area contributed by atoms with Gasteiger partial charge in [-0.05, 0) is 43.0 Å². The standard InChI is InChI=1S/C23H28O6/c1-6-16-7-10-18(11-8-16)22(25)15(2)29-21(24)12-9-17-13-19(26-3)23(28-5)20(14-17)27-4/h7-8,10-11,13-15H,6,9,12H2,1-5H3/t15-/m0/s1. The maximum atomic E-state index is 12.5. The monoisotopic (exact) mass is 400 g/mol. The molecule has 0 heterocycles. The summed E-state index contributed by atoms with van der Waals surface area (Å²) in [7, 11) is 4.61. The Morgan fingerprint density at radius 1 is 0.897 bits per heavy atom. The molecule has 2 aromatic rings. The number of benzene rings is 2. The normalized spacial score (nSPS) is 11.5. The van der Waals surface area contributed by atoms with E-state index < -0.39 is 12.1 Å². The zero-order valence-electron chi connectivity index (χ0n) is 17.6. The van der Waals surface area contributed by atoms with Crippen LogP contribution in [-0.2, 0) is 22.4 Å². The van der Waals surface area contributed by atoms with E-state index in [9.17, 15) is 9.59 Å². The summed E-state index contributed by atoms with van der Waals surface area (Å²) < 4.78 is 21.3. The van der Waals surface area contributed by atoms with Crippen LogP contribution < -0.4 is 14.2 Å². The maximum absolute atomic E-state index is 12.5. The third kappa shape index (κ3) is 5.73. The van der Waals surface area contributed by atoms with Crippen LogP contribution in [0.1, 0.15) is 41.8 Å². The molecule has 0 N–H and O–H groups in total. The van der Waals surface area contributed by atoms with Crippen molar-refractivity contribution in [3.63, 3.8) is 0 Å². The maximum Gasteiger partial charge on any atom is 0.306 e. The summed E-state index contributed by atoms with van der Waals surface area (Å²) in [6.07, 6.45) is 0.613. The minimum absolute atomic E-state index is 0.130. The van der Waals surface area contributed by atoms with Crippen LogP contribution in [0.4, 0.5) is 0 Å². The second-order valence-electron chi connectivity index (χ2n) is 6.58. The van der Waals surface area contributed by atoms with Crippen LogP contribution in [-0.4, -0.2) is 39.2 Å². The highest BCUT2D eigenvalue weighted by Crippen LogP contribution is 2.38. The molecule has 0 fully saturated rings. The van der Waals surface area contributed by atoms with Gasteiger partial charge in [0.25, 0.3) is 0 Å². The number of esters is 1. The number of hydrogen-bond donors (Lipinski definition) is 0. The first-order valence-corrected chi connectivity index (χ1v) is 9.55. The molecule has 0 aliphatic carbocycles. The number of ether oxygens (including phenoxy) is 4. The van der Waals surface area contributed by atoms with Crippen LogP contribution in [0.25, 0.3) is 0 Å². The largest absolute Gasteiger partial charge is 0.493 e. The van der Waals surface area contributed by atoms with Crippen molar-refractivity contribution in [3.8, 4) is 17.2 Å². The van der Waals surface area contributed by atoms with Crippen molar-refractivity contribution in [1.29, 1.82) is 0 Å². The van der Waals surface area contributed by atoms with Crippen molar-refractivity contribution in [2.75, 3.05) is 21.3 Å². The number of rotatable bonds is 10. The molecular weight excluding hydrogens is 372 g/mol. The first-order valence-electron chi connectivity index (χ1n) is 9.55. The van der Waals surface area contributed by atoms with E-state index in [-0.39, 0.29) is 12.2 Å². The van der Waals surface area contributed by atoms with Crippen LogP contribution >= 0.6 is 0 Å². The second kappa shape index (κ2) is 10.5. The number of aryl methyl sites for hydroxylation is 2. The lowest BCUT2D eigenvalue weighted by atomic mass is 10.0. The van der Waals surface area contributed by atoms with Gasteiger partial charge in [0.2, 0.25) is 11.5 Å². The predicted octanol–water partition coefficient (Wildman–Crippen LogP) is 4.02. The molecule has 1 atom stereocenters. The number of carbonyl (C=O) groups is 2. The number of Topliss-reactive ketones (excluding diaryl/α,β-unsaturated/α-hetero) is 1. The molecule has 0 bridgehead atoms. The molecule has 0 spiro atoms. The zero-order valence-corrected chi connectivity index (χ0v) is 17.6. The number of carbonyl (C=O) groups excluding carboxylic acids is 2. The van der Waals surface area contributed by atoms with Gasteiger partial charge in [0.05, 0.1) is 21.3 Å². The second-order valence-corrected chi connectivity index (χ2v) is 6.58. The van der Waals surface area contributed by atoms with Gasteiger partial charge in [-0.25, -0.2) is 0 Å². The molecule has 0 radical (unpaired) electrons. The summed E-state index contributed by atoms with van der Waals surface area (Å²) in [5, 5.41) is 0. The Bertz CT molecular complexity index is 816. The first-order chi connectivity index (χ1) is 13.9. The van der Waals surface area contributed by atoms with E-state index in [4.69, 9.17) is 18.9 Å². The number of methoxy groups -OCH3 is 3. The molecule has 6 heteroatoms. The lowest BCUT2D eigenvalue weighted by Gasteiger charge is -2.15. The van der Waals surface area contributed by atoms with Crippen molar-refractivity contribution < 1.29 is 28.5 Å². The Morgan fingerprint density at radius 3 is 1.97 bits per heavy atom. The van der Waals surface area contributed by atoms with Gasteiger partial charge in [-0.15, -0.1) is 0 Å². The minimum atomic E-state index is -0.838. The summed E-state index contributed by atoms with van der Waals surface area (Å²) >= 11 is 0. The van der Waals surface area contributed by atoms with E-state index in [1.54, 1.807) is 31.2 Å². The quantitative estimate of drug-likeness (QED) is 0.443. The highest BCUT2D eigenvalue weighted by atomic mass is 16.5. The van der Waals surface area contributed by atoms with Gasteiger partial charge in [-0.2, -0.15) is 0 Å². The predicted molar refractivity (Wildman–Crippen MR) is 110 cm³/mol. The molecule has 0 aliphatic rings. The van der Waals surface area contributed by atoms with E-state index in [0.29, 0.717) is 29.2 Å². The van der Waals surface area contributed by atoms with E-state index in [1.807, 2.05) is 12.1 Å². The van der Waals surface area contributed by atoms with E-state index in [1.165, 1.54) is 21.3 Å². The van der Waals surface area contributed by atoms with Gasteiger partial charge >= 0.3 is 5.97 Å². The van der Waals surface area contributed by atoms with E-state index in [0.717, 1.165) is 17.5 Å². The van der Waals surface area contributed by atoms with Crippen LogP contribution in [0.3, 0.4) is 0 Å². The highest BCUT2D eigenvalue weighted by Gasteiger charge is 2.20. The van der Waals surface area contributed by atoms with Crippen molar-refractivity contribution in [1.82, 2.24) is 0 Å². The molecule has 0 amide bonds. The van der Waals surface area contributed by atoms with Crippen LogP contribution in [0, 0.1) is 0 Å². The minimum Gasteiger partial charge on any atom is -0.493 e. The smallest absolute Gasteiger partial charge is 0.306 e. The summed E-state index contributed by atoms with van der Waals surface area (Å²) in [5.74, 6) is 0.886. The third-order valence-electron chi connectivity index (χ3n) is 4.67. The molecule has 0 saturated carbocycles. The first kappa shape index (κ1) is 22.3. The molecule has 0 aromatic heterocycles. The molecule has 156 valence electrons. The van der Waals surface area contributed by atoms with Gasteiger partial charge in [-0.1, -0.05) is 31.2 Å². The topological polar surface area (TPSA) is 71.1 Å². The summed E-state index contributed by atoms with van der Waals surface area (Å²) in [6, 6.07) is 10.9. The van der Waals surface area contributed by atoms with Crippen LogP contribution in [0.15, 0.2) is 36.4 Å². The van der Waals surface area contributed by atoms with Crippen molar-refractivity contribution in [2.24, 2.45) is 0 Å². The SMILES string of the molecule is CCc1ccc(C(=O)[C@H](C)OC(=O)CCc2cc(OC)c(OC)c(OC)c2)cc1. The van der Waals surface area contributed by atoms with Crippen LogP contribution in [0.2, 0.25) is 0 Å². The Kier molecular flexibility index (Phi) is 8.07. The molecule has 2 aromatic carbocycles. The Labute approximate surface area is 171 Å². The fourth-order valence-corrected chi connectivity index (χ4v) is 2.98. The van der Waals surface area contributed by atoms with Crippen LogP contribution in [0.5, 0.6) is 17.2 Å². The van der Waals surface area contributed by atoms with Gasteiger partial charge < -0.3 is 18.9 Å². The lowest BCUT2D eigenvalue weighted by molar-refractivity contribution is -0.146.